The number of hydrogen-bond acceptors (Lipinski definition) is 4. The van der Waals surface area contributed by atoms with E-state index in [2.05, 4.69) is 72.6 Å². The van der Waals surface area contributed by atoms with Crippen LogP contribution in [0.4, 0.5) is 0 Å². The van der Waals surface area contributed by atoms with Gasteiger partial charge in [-0.3, -0.25) is 9.58 Å². The van der Waals surface area contributed by atoms with Gasteiger partial charge in [0.25, 0.3) is 0 Å². The summed E-state index contributed by atoms with van der Waals surface area (Å²) >= 11 is 0. The van der Waals surface area contributed by atoms with Gasteiger partial charge in [0.05, 0.1) is 12.3 Å². The summed E-state index contributed by atoms with van der Waals surface area (Å²) in [6, 6.07) is 11.0. The van der Waals surface area contributed by atoms with Crippen LogP contribution in [0, 0.1) is 18.8 Å². The summed E-state index contributed by atoms with van der Waals surface area (Å²) < 4.78 is 2.03. The van der Waals surface area contributed by atoms with Crippen LogP contribution in [-0.2, 0) is 13.1 Å². The van der Waals surface area contributed by atoms with Gasteiger partial charge in [-0.15, -0.1) is 0 Å². The second-order valence-electron chi connectivity index (χ2n) is 8.27. The van der Waals surface area contributed by atoms with Crippen molar-refractivity contribution in [3.8, 4) is 0 Å². The first-order valence-electron chi connectivity index (χ1n) is 10.3. The van der Waals surface area contributed by atoms with Crippen molar-refractivity contribution in [2.45, 2.75) is 51.9 Å². The van der Waals surface area contributed by atoms with Gasteiger partial charge in [0.1, 0.15) is 0 Å². The summed E-state index contributed by atoms with van der Waals surface area (Å²) in [7, 11) is 0. The fraction of sp³-hybridized carbons (Fsp3) is 0.591. The molecule has 0 spiro atoms. The van der Waals surface area contributed by atoms with Gasteiger partial charge in [-0.05, 0) is 37.7 Å². The number of aryl methyl sites for hydroxylation is 2. The highest BCUT2D eigenvalue weighted by Gasteiger charge is 2.56. The molecule has 2 fully saturated rings. The molecule has 2 N–H and O–H groups in total. The molecule has 146 valence electrons. The van der Waals surface area contributed by atoms with E-state index in [0.717, 1.165) is 38.3 Å². The smallest absolute Gasteiger partial charge is 0.0641 e. The molecule has 27 heavy (non-hydrogen) atoms. The quantitative estimate of drug-likeness (QED) is 0.823. The van der Waals surface area contributed by atoms with E-state index >= 15 is 0 Å². The Morgan fingerprint density at radius 2 is 2.00 bits per heavy atom. The van der Waals surface area contributed by atoms with Crippen molar-refractivity contribution in [1.82, 2.24) is 20.0 Å². The van der Waals surface area contributed by atoms with Crippen molar-refractivity contribution >= 4 is 0 Å². The van der Waals surface area contributed by atoms with Gasteiger partial charge in [0, 0.05) is 49.5 Å². The first-order valence-corrected chi connectivity index (χ1v) is 10.3. The van der Waals surface area contributed by atoms with E-state index < -0.39 is 0 Å². The Morgan fingerprint density at radius 1 is 1.22 bits per heavy atom. The van der Waals surface area contributed by atoms with Gasteiger partial charge in [0.15, 0.2) is 0 Å². The van der Waals surface area contributed by atoms with Gasteiger partial charge < -0.3 is 10.4 Å². The van der Waals surface area contributed by atoms with Crippen molar-refractivity contribution in [1.29, 1.82) is 0 Å². The minimum Gasteiger partial charge on any atom is -0.394 e. The lowest BCUT2D eigenvalue weighted by molar-refractivity contribution is 0.122. The van der Waals surface area contributed by atoms with Crippen LogP contribution in [0.25, 0.3) is 0 Å². The van der Waals surface area contributed by atoms with Gasteiger partial charge in [-0.1, -0.05) is 37.3 Å². The Kier molecular flexibility index (Phi) is 5.10. The molecule has 0 aliphatic carbocycles. The standard InChI is InChI=1S/C22H32N4O/c1-4-22(15-27)20-14-25(11-17-9-7-6-8-10-17)12-19(20)21(23-22)18-13-26(5-2)24-16(18)3/h6-10,13,19-21,23,27H,4-5,11-12,14-15H2,1-3H3/t19-,20+,21-,22+/m1/s1. The molecule has 5 nitrogen and oxygen atoms in total. The number of likely N-dealkylation sites (tertiary alicyclic amines) is 1. The average Bonchev–Trinajstić information content (AvgIpc) is 3.35. The van der Waals surface area contributed by atoms with Crippen molar-refractivity contribution in [2.75, 3.05) is 19.7 Å². The lowest BCUT2D eigenvalue weighted by Gasteiger charge is -2.33. The van der Waals surface area contributed by atoms with E-state index in [1.165, 1.54) is 11.1 Å². The van der Waals surface area contributed by atoms with Crippen molar-refractivity contribution in [3.05, 3.63) is 53.3 Å². The maximum Gasteiger partial charge on any atom is 0.0641 e. The van der Waals surface area contributed by atoms with Crippen LogP contribution in [0.3, 0.4) is 0 Å². The molecule has 5 heteroatoms. The zero-order valence-electron chi connectivity index (χ0n) is 16.7. The van der Waals surface area contributed by atoms with Crippen LogP contribution in [-0.4, -0.2) is 45.0 Å². The van der Waals surface area contributed by atoms with Gasteiger partial charge in [-0.2, -0.15) is 5.10 Å². The van der Waals surface area contributed by atoms with Crippen LogP contribution in [0.15, 0.2) is 36.5 Å². The summed E-state index contributed by atoms with van der Waals surface area (Å²) in [5.74, 6) is 0.972. The number of rotatable bonds is 6. The lowest BCUT2D eigenvalue weighted by Crippen LogP contribution is -2.50. The van der Waals surface area contributed by atoms with Gasteiger partial charge in [0.2, 0.25) is 0 Å². The third-order valence-electron chi connectivity index (χ3n) is 6.83. The van der Waals surface area contributed by atoms with E-state index in [1.54, 1.807) is 0 Å². The molecule has 0 unspecified atom stereocenters. The average molecular weight is 369 g/mol. The van der Waals surface area contributed by atoms with Crippen molar-refractivity contribution in [2.24, 2.45) is 11.8 Å². The molecule has 0 amide bonds. The predicted octanol–water partition coefficient (Wildman–Crippen LogP) is 2.75. The minimum absolute atomic E-state index is 0.193. The zero-order chi connectivity index (χ0) is 19.0. The molecular formula is C22H32N4O. The number of nitrogens with one attached hydrogen (secondary N) is 1. The number of aliphatic hydroxyl groups is 1. The maximum absolute atomic E-state index is 10.3. The van der Waals surface area contributed by atoms with Crippen LogP contribution in [0.5, 0.6) is 0 Å². The third-order valence-corrected chi connectivity index (χ3v) is 6.83. The fourth-order valence-corrected chi connectivity index (χ4v) is 5.28. The molecule has 2 aliphatic rings. The number of aliphatic hydroxyl groups excluding tert-OH is 1. The summed E-state index contributed by atoms with van der Waals surface area (Å²) in [5.41, 5.74) is 3.58. The topological polar surface area (TPSA) is 53.3 Å². The van der Waals surface area contributed by atoms with Crippen LogP contribution in [0.2, 0.25) is 0 Å². The molecule has 0 saturated carbocycles. The van der Waals surface area contributed by atoms with Gasteiger partial charge in [-0.25, -0.2) is 0 Å². The number of benzene rings is 1. The first kappa shape index (κ1) is 18.7. The number of aromatic nitrogens is 2. The Balaban J connectivity index is 1.62. The largest absolute Gasteiger partial charge is 0.394 e. The second-order valence-corrected chi connectivity index (χ2v) is 8.27. The van der Waals surface area contributed by atoms with Crippen LogP contribution < -0.4 is 5.32 Å². The van der Waals surface area contributed by atoms with E-state index in [4.69, 9.17) is 0 Å². The normalized spacial score (nSPS) is 30.7. The Morgan fingerprint density at radius 3 is 2.63 bits per heavy atom. The summed E-state index contributed by atoms with van der Waals surface area (Å²) in [5, 5.41) is 18.9. The molecular weight excluding hydrogens is 336 g/mol. The van der Waals surface area contributed by atoms with Crippen molar-refractivity contribution < 1.29 is 5.11 Å². The molecule has 1 aromatic heterocycles. The highest BCUT2D eigenvalue weighted by Crippen LogP contribution is 2.49. The molecule has 2 aromatic rings. The summed E-state index contributed by atoms with van der Waals surface area (Å²) in [6.07, 6.45) is 3.15. The Hall–Kier alpha value is -1.69. The molecule has 4 rings (SSSR count). The zero-order valence-corrected chi connectivity index (χ0v) is 16.7. The fourth-order valence-electron chi connectivity index (χ4n) is 5.28. The predicted molar refractivity (Wildman–Crippen MR) is 107 cm³/mol. The summed E-state index contributed by atoms with van der Waals surface area (Å²) in [4.78, 5) is 2.57. The number of hydrogen-bond donors (Lipinski definition) is 2. The van der Waals surface area contributed by atoms with E-state index in [1.807, 2.05) is 4.68 Å². The van der Waals surface area contributed by atoms with E-state index in [-0.39, 0.29) is 18.2 Å². The second kappa shape index (κ2) is 7.38. The van der Waals surface area contributed by atoms with Crippen molar-refractivity contribution in [3.63, 3.8) is 0 Å². The number of nitrogens with zero attached hydrogens (tertiary/aromatic N) is 3. The summed E-state index contributed by atoms with van der Waals surface area (Å²) in [6.45, 7) is 10.6. The SMILES string of the molecule is CCn1cc([C@H]2N[C@@](CC)(CO)[C@H]3CN(Cc4ccccc4)C[C@@H]23)c(C)n1. The van der Waals surface area contributed by atoms with E-state index in [9.17, 15) is 5.11 Å². The molecule has 2 aliphatic heterocycles. The molecule has 3 heterocycles. The lowest BCUT2D eigenvalue weighted by atomic mass is 9.79. The highest BCUT2D eigenvalue weighted by atomic mass is 16.3. The third kappa shape index (κ3) is 3.22. The van der Waals surface area contributed by atoms with Crippen LogP contribution in [0.1, 0.15) is 43.1 Å². The molecule has 0 bridgehead atoms. The highest BCUT2D eigenvalue weighted by molar-refractivity contribution is 5.27. The van der Waals surface area contributed by atoms with E-state index in [0.29, 0.717) is 11.8 Å². The maximum atomic E-state index is 10.3. The first-order chi connectivity index (χ1) is 13.1. The Labute approximate surface area is 162 Å². The number of fused-ring (bicyclic) bond motifs is 1. The Bertz CT molecular complexity index is 768. The molecule has 2 saturated heterocycles. The minimum atomic E-state index is -0.193. The molecule has 1 aromatic carbocycles. The monoisotopic (exact) mass is 368 g/mol. The van der Waals surface area contributed by atoms with Crippen LogP contribution >= 0.6 is 0 Å². The molecule has 0 radical (unpaired) electrons. The molecule has 4 atom stereocenters. The van der Waals surface area contributed by atoms with Gasteiger partial charge >= 0.3 is 0 Å².